The molecule has 1 aliphatic carbocycles. The van der Waals surface area contributed by atoms with Gasteiger partial charge < -0.3 is 25.4 Å². The van der Waals surface area contributed by atoms with Crippen LogP contribution in [0.5, 0.6) is 11.5 Å². The number of nitrogens with one attached hydrogen (secondary N) is 1. The van der Waals surface area contributed by atoms with E-state index in [1.807, 2.05) is 91.9 Å². The van der Waals surface area contributed by atoms with Gasteiger partial charge >= 0.3 is 0 Å². The third-order valence-electron chi connectivity index (χ3n) is 9.80. The molecule has 2 aliphatic rings. The number of phenols is 1. The van der Waals surface area contributed by atoms with Crippen molar-refractivity contribution in [2.75, 3.05) is 23.9 Å². The summed E-state index contributed by atoms with van der Waals surface area (Å²) in [4.78, 5) is 29.2. The average Bonchev–Trinajstić information content (AvgIpc) is 3.39. The fourth-order valence-electron chi connectivity index (χ4n) is 7.37. The molecular formula is C41H41IN2O6. The van der Waals surface area contributed by atoms with Crippen LogP contribution in [0.2, 0.25) is 0 Å². The summed E-state index contributed by atoms with van der Waals surface area (Å²) in [5.74, 6) is -2.18. The number of ether oxygens (including phenoxy) is 1. The van der Waals surface area contributed by atoms with Crippen molar-refractivity contribution in [2.24, 2.45) is 17.8 Å². The number of rotatable bonds is 12. The van der Waals surface area contributed by atoms with Crippen LogP contribution in [-0.2, 0) is 9.59 Å². The highest BCUT2D eigenvalue weighted by atomic mass is 127. The lowest BCUT2D eigenvalue weighted by atomic mass is 9.67. The molecule has 0 aromatic heterocycles. The van der Waals surface area contributed by atoms with Crippen molar-refractivity contribution in [3.05, 3.63) is 123 Å². The van der Waals surface area contributed by atoms with E-state index in [2.05, 4.69) is 27.9 Å². The molecule has 4 aromatic carbocycles. The maximum atomic E-state index is 14.1. The third-order valence-corrected chi connectivity index (χ3v) is 10.6. The topological polar surface area (TPSA) is 119 Å². The number of fused-ring (bicyclic) bond motifs is 1. The molecular weight excluding hydrogens is 743 g/mol. The molecule has 1 heterocycles. The maximum Gasteiger partial charge on any atom is 0.238 e. The highest BCUT2D eigenvalue weighted by Crippen LogP contribution is 2.48. The van der Waals surface area contributed by atoms with Gasteiger partial charge in [0.1, 0.15) is 0 Å². The molecule has 258 valence electrons. The molecule has 4 aromatic rings. The number of carbonyl (C=O) groups is 2. The van der Waals surface area contributed by atoms with E-state index in [0.717, 1.165) is 33.6 Å². The molecule has 2 amide bonds. The van der Waals surface area contributed by atoms with E-state index in [9.17, 15) is 24.9 Å². The van der Waals surface area contributed by atoms with Crippen molar-refractivity contribution in [3.8, 4) is 11.5 Å². The minimum absolute atomic E-state index is 0.0854. The van der Waals surface area contributed by atoms with E-state index in [1.165, 1.54) is 12.0 Å². The molecule has 1 saturated heterocycles. The van der Waals surface area contributed by atoms with Gasteiger partial charge in [0.15, 0.2) is 11.5 Å². The third kappa shape index (κ3) is 7.21. The molecule has 0 saturated carbocycles. The van der Waals surface area contributed by atoms with Gasteiger partial charge in [-0.05, 0) is 119 Å². The molecule has 6 rings (SSSR count). The van der Waals surface area contributed by atoms with Crippen LogP contribution in [0, 0.1) is 21.3 Å². The van der Waals surface area contributed by atoms with E-state index < -0.39 is 23.9 Å². The SMILES string of the molecule is CCC1=C([C@H](O)CC/C(=C/c2cc(I)c(O)c(OC)c2)c2ccccc2)[C@H](CO)[C@@H]2C(=O)N(c3ccc(Nc4ccccc4)cc3)C(=O)[C@@H]2C1. The number of methoxy groups -OCH3 is 1. The second-order valence-electron chi connectivity index (χ2n) is 12.7. The van der Waals surface area contributed by atoms with E-state index in [0.29, 0.717) is 46.3 Å². The predicted octanol–water partition coefficient (Wildman–Crippen LogP) is 7.96. The van der Waals surface area contributed by atoms with Crippen molar-refractivity contribution < 1.29 is 29.6 Å². The van der Waals surface area contributed by atoms with Crippen molar-refractivity contribution in [3.63, 3.8) is 0 Å². The molecule has 0 radical (unpaired) electrons. The summed E-state index contributed by atoms with van der Waals surface area (Å²) in [5, 5.41) is 36.3. The number of aliphatic hydroxyl groups is 2. The van der Waals surface area contributed by atoms with Gasteiger partial charge in [-0.15, -0.1) is 0 Å². The number of para-hydroxylation sites is 1. The smallest absolute Gasteiger partial charge is 0.238 e. The summed E-state index contributed by atoms with van der Waals surface area (Å²) in [6, 6.07) is 30.5. The van der Waals surface area contributed by atoms with Gasteiger partial charge in [0.2, 0.25) is 11.8 Å². The number of carbonyl (C=O) groups excluding carboxylic acids is 2. The second kappa shape index (κ2) is 15.6. The number of amides is 2. The molecule has 50 heavy (non-hydrogen) atoms. The first kappa shape index (κ1) is 35.4. The van der Waals surface area contributed by atoms with Crippen LogP contribution in [0.25, 0.3) is 11.6 Å². The van der Waals surface area contributed by atoms with Gasteiger partial charge in [0.05, 0.1) is 40.9 Å². The lowest BCUT2D eigenvalue weighted by Gasteiger charge is -2.36. The van der Waals surface area contributed by atoms with Crippen molar-refractivity contribution in [1.82, 2.24) is 0 Å². The van der Waals surface area contributed by atoms with Crippen LogP contribution in [0.15, 0.2) is 108 Å². The van der Waals surface area contributed by atoms with Crippen molar-refractivity contribution >= 4 is 63.1 Å². The first-order valence-electron chi connectivity index (χ1n) is 16.9. The summed E-state index contributed by atoms with van der Waals surface area (Å²) < 4.78 is 6.04. The lowest BCUT2D eigenvalue weighted by Crippen LogP contribution is -2.39. The highest BCUT2D eigenvalue weighted by molar-refractivity contribution is 14.1. The molecule has 1 fully saturated rings. The van der Waals surface area contributed by atoms with Gasteiger partial charge in [0, 0.05) is 17.3 Å². The molecule has 8 nitrogen and oxygen atoms in total. The standard InChI is InChI=1S/C41H41IN2O6/c1-3-26-23-32-38(41(49)44(40(32)48)31-17-15-30(16-18-31)43-29-12-8-5-9-13-29)33(24-45)37(26)35(46)19-14-28(27-10-6-4-7-11-27)20-25-21-34(42)39(47)36(22-25)50-2/h4-13,15-18,20-22,32-33,35,38,43,45-47H,3,14,19,23-24H2,1-2H3/b28-20-/t32-,33+,35-,38-/m1/s1. The van der Waals surface area contributed by atoms with Crippen LogP contribution in [0.4, 0.5) is 17.1 Å². The summed E-state index contributed by atoms with van der Waals surface area (Å²) in [7, 11) is 1.51. The summed E-state index contributed by atoms with van der Waals surface area (Å²) >= 11 is 2.07. The number of hydrogen-bond acceptors (Lipinski definition) is 7. The zero-order chi connectivity index (χ0) is 35.4. The molecule has 4 atom stereocenters. The first-order chi connectivity index (χ1) is 24.2. The number of imide groups is 1. The molecule has 1 aliphatic heterocycles. The molecule has 0 spiro atoms. The van der Waals surface area contributed by atoms with Crippen LogP contribution in [0.3, 0.4) is 0 Å². The predicted molar refractivity (Wildman–Crippen MR) is 205 cm³/mol. The molecule has 0 bridgehead atoms. The Bertz CT molecular complexity index is 1910. The zero-order valence-corrected chi connectivity index (χ0v) is 30.2. The number of phenolic OH excluding ortho intramolecular Hbond substituents is 1. The zero-order valence-electron chi connectivity index (χ0n) is 28.1. The van der Waals surface area contributed by atoms with Gasteiger partial charge in [-0.2, -0.15) is 0 Å². The highest BCUT2D eigenvalue weighted by Gasteiger charge is 2.55. The number of anilines is 3. The Morgan fingerprint density at radius 3 is 2.28 bits per heavy atom. The van der Waals surface area contributed by atoms with E-state index in [-0.39, 0.29) is 24.2 Å². The molecule has 4 N–H and O–H groups in total. The Morgan fingerprint density at radius 1 is 0.980 bits per heavy atom. The van der Waals surface area contributed by atoms with Crippen LogP contribution in [0.1, 0.15) is 43.7 Å². The van der Waals surface area contributed by atoms with Gasteiger partial charge in [0.25, 0.3) is 0 Å². The fraction of sp³-hybridized carbons (Fsp3) is 0.268. The van der Waals surface area contributed by atoms with Crippen LogP contribution < -0.4 is 15.0 Å². The lowest BCUT2D eigenvalue weighted by molar-refractivity contribution is -0.123. The number of allylic oxidation sites excluding steroid dienone is 2. The quantitative estimate of drug-likeness (QED) is 0.0499. The summed E-state index contributed by atoms with van der Waals surface area (Å²) in [5.41, 5.74) is 6.66. The summed E-state index contributed by atoms with van der Waals surface area (Å²) in [6.07, 6.45) is 2.91. The number of nitrogens with zero attached hydrogens (tertiary/aromatic N) is 1. The Balaban J connectivity index is 1.24. The second-order valence-corrected chi connectivity index (χ2v) is 13.9. The Morgan fingerprint density at radius 2 is 1.64 bits per heavy atom. The van der Waals surface area contributed by atoms with Crippen LogP contribution >= 0.6 is 22.6 Å². The largest absolute Gasteiger partial charge is 0.504 e. The first-order valence-corrected chi connectivity index (χ1v) is 17.9. The van der Waals surface area contributed by atoms with Gasteiger partial charge in [-0.25, -0.2) is 0 Å². The Labute approximate surface area is 306 Å². The van der Waals surface area contributed by atoms with Gasteiger partial charge in [-0.1, -0.05) is 67.1 Å². The average molecular weight is 785 g/mol. The van der Waals surface area contributed by atoms with Crippen LogP contribution in [-0.4, -0.2) is 47.0 Å². The summed E-state index contributed by atoms with van der Waals surface area (Å²) in [6.45, 7) is 1.64. The maximum absolute atomic E-state index is 14.1. The Kier molecular flexibility index (Phi) is 11.1. The monoisotopic (exact) mass is 784 g/mol. The minimum Gasteiger partial charge on any atom is -0.504 e. The fourth-order valence-corrected chi connectivity index (χ4v) is 7.99. The normalized spacial score (nSPS) is 19.8. The Hall–Kier alpha value is -4.45. The van der Waals surface area contributed by atoms with Crippen molar-refractivity contribution in [2.45, 2.75) is 38.7 Å². The minimum atomic E-state index is -0.926. The molecule has 0 unspecified atom stereocenters. The number of hydrogen-bond donors (Lipinski definition) is 4. The van der Waals surface area contributed by atoms with Gasteiger partial charge in [-0.3, -0.25) is 14.5 Å². The van der Waals surface area contributed by atoms with E-state index in [4.69, 9.17) is 4.74 Å². The number of halogens is 1. The number of aliphatic hydroxyl groups excluding tert-OH is 2. The molecule has 9 heteroatoms. The number of benzene rings is 4. The van der Waals surface area contributed by atoms with E-state index in [1.54, 1.807) is 18.2 Å². The van der Waals surface area contributed by atoms with Crippen molar-refractivity contribution in [1.29, 1.82) is 0 Å². The number of aromatic hydroxyl groups is 1. The van der Waals surface area contributed by atoms with E-state index >= 15 is 0 Å².